The summed E-state index contributed by atoms with van der Waals surface area (Å²) >= 11 is 12.4. The van der Waals surface area contributed by atoms with Gasteiger partial charge in [0.05, 0.1) is 23.1 Å². The van der Waals surface area contributed by atoms with Gasteiger partial charge in [-0.15, -0.1) is 0 Å². The molecule has 40 heavy (non-hydrogen) atoms. The van der Waals surface area contributed by atoms with Crippen molar-refractivity contribution in [2.24, 2.45) is 5.73 Å². The second-order valence-corrected chi connectivity index (χ2v) is 10.4. The van der Waals surface area contributed by atoms with Gasteiger partial charge in [0.2, 0.25) is 0 Å². The third-order valence-electron chi connectivity index (χ3n) is 6.43. The molecule has 208 valence electrons. The molecule has 4 aromatic rings. The summed E-state index contributed by atoms with van der Waals surface area (Å²) in [6, 6.07) is 15.7. The average molecular weight is 582 g/mol. The Morgan fingerprint density at radius 1 is 1.02 bits per heavy atom. The number of hydrogen-bond donors (Lipinski definition) is 1. The molecule has 0 saturated heterocycles. The maximum atomic E-state index is 14.0. The number of carbonyl (C=O) groups is 2. The van der Waals surface area contributed by atoms with Gasteiger partial charge in [-0.25, -0.2) is 9.97 Å². The number of pyridine rings is 1. The van der Waals surface area contributed by atoms with E-state index in [9.17, 15) is 14.4 Å². The number of rotatable bonds is 9. The highest BCUT2D eigenvalue weighted by Gasteiger charge is 2.37. The van der Waals surface area contributed by atoms with Crippen molar-refractivity contribution in [1.29, 1.82) is 0 Å². The lowest BCUT2D eigenvalue weighted by Gasteiger charge is -2.33. The molecule has 0 fully saturated rings. The molecule has 1 atom stereocenters. The molecule has 0 radical (unpaired) electrons. The van der Waals surface area contributed by atoms with Crippen molar-refractivity contribution in [3.63, 3.8) is 0 Å². The first-order chi connectivity index (χ1) is 19.1. The molecule has 0 saturated carbocycles. The molecule has 2 N–H and O–H groups in total. The van der Waals surface area contributed by atoms with Crippen LogP contribution in [0.1, 0.15) is 39.9 Å². The molecule has 4 rings (SSSR count). The highest BCUT2D eigenvalue weighted by Crippen LogP contribution is 2.27. The van der Waals surface area contributed by atoms with Crippen molar-refractivity contribution >= 4 is 45.9 Å². The van der Waals surface area contributed by atoms with Crippen LogP contribution in [0, 0.1) is 6.92 Å². The predicted octanol–water partition coefficient (Wildman–Crippen LogP) is 4.08. The molecule has 2 aromatic carbocycles. The summed E-state index contributed by atoms with van der Waals surface area (Å²) in [5.41, 5.74) is 7.60. The van der Waals surface area contributed by atoms with Crippen LogP contribution < -0.4 is 11.3 Å². The van der Waals surface area contributed by atoms with E-state index in [4.69, 9.17) is 33.9 Å². The zero-order chi connectivity index (χ0) is 29.0. The number of carbonyl (C=O) groups excluding carboxylic acids is 2. The molecule has 0 bridgehead atoms. The summed E-state index contributed by atoms with van der Waals surface area (Å²) < 4.78 is 1.37. The number of aromatic nitrogens is 3. The highest BCUT2D eigenvalue weighted by atomic mass is 35.5. The van der Waals surface area contributed by atoms with E-state index in [1.54, 1.807) is 62.6 Å². The van der Waals surface area contributed by atoms with Crippen LogP contribution in [-0.4, -0.2) is 63.3 Å². The molecule has 0 aliphatic carbocycles. The normalized spacial score (nSPS) is 11.8. The van der Waals surface area contributed by atoms with Crippen molar-refractivity contribution in [3.8, 4) is 0 Å². The number of nitrogens with two attached hydrogens (primary N) is 1. The van der Waals surface area contributed by atoms with Gasteiger partial charge in [0.25, 0.3) is 17.4 Å². The summed E-state index contributed by atoms with van der Waals surface area (Å²) in [5, 5.41) is 0.947. The molecular formula is C29H30Cl2N6O3. The Labute approximate surface area is 242 Å². The van der Waals surface area contributed by atoms with Crippen LogP contribution in [0.2, 0.25) is 10.2 Å². The summed E-state index contributed by atoms with van der Waals surface area (Å²) in [6.45, 7) is 2.35. The number of halogens is 2. The van der Waals surface area contributed by atoms with E-state index in [0.29, 0.717) is 40.1 Å². The Kier molecular flexibility index (Phi) is 9.19. The Balaban J connectivity index is 2.00. The molecule has 2 heterocycles. The largest absolute Gasteiger partial charge is 0.347 e. The first-order valence-electron chi connectivity index (χ1n) is 12.7. The maximum absolute atomic E-state index is 14.0. The zero-order valence-electron chi connectivity index (χ0n) is 22.5. The molecular weight excluding hydrogens is 551 g/mol. The van der Waals surface area contributed by atoms with E-state index in [1.165, 1.54) is 14.4 Å². The van der Waals surface area contributed by atoms with E-state index in [-0.39, 0.29) is 30.0 Å². The Morgan fingerprint density at radius 3 is 2.40 bits per heavy atom. The molecule has 11 heteroatoms. The van der Waals surface area contributed by atoms with Crippen molar-refractivity contribution in [2.45, 2.75) is 25.9 Å². The zero-order valence-corrected chi connectivity index (χ0v) is 24.0. The van der Waals surface area contributed by atoms with Gasteiger partial charge in [-0.3, -0.25) is 19.0 Å². The molecule has 0 aliphatic heterocycles. The van der Waals surface area contributed by atoms with Gasteiger partial charge in [-0.1, -0.05) is 47.0 Å². The quantitative estimate of drug-likeness (QED) is 0.298. The number of benzene rings is 2. The number of nitrogens with zero attached hydrogens (tertiary/aromatic N) is 5. The van der Waals surface area contributed by atoms with E-state index in [1.807, 2.05) is 19.1 Å². The summed E-state index contributed by atoms with van der Waals surface area (Å²) in [5.74, 6) is -0.738. The number of aryl methyl sites for hydroxylation is 1. The fourth-order valence-corrected chi connectivity index (χ4v) is 4.72. The van der Waals surface area contributed by atoms with Crippen molar-refractivity contribution in [2.75, 3.05) is 27.2 Å². The van der Waals surface area contributed by atoms with Gasteiger partial charge in [0.1, 0.15) is 11.0 Å². The van der Waals surface area contributed by atoms with Crippen molar-refractivity contribution in [1.82, 2.24) is 24.3 Å². The average Bonchev–Trinajstić information content (AvgIpc) is 2.92. The van der Waals surface area contributed by atoms with Crippen LogP contribution in [-0.2, 0) is 11.3 Å². The lowest BCUT2D eigenvalue weighted by Crippen LogP contribution is -2.47. The second kappa shape index (κ2) is 12.6. The summed E-state index contributed by atoms with van der Waals surface area (Å²) in [4.78, 5) is 53.7. The Hall–Kier alpha value is -3.79. The first-order valence-corrected chi connectivity index (χ1v) is 13.5. The predicted molar refractivity (Wildman–Crippen MR) is 157 cm³/mol. The van der Waals surface area contributed by atoms with Crippen molar-refractivity contribution < 1.29 is 9.59 Å². The third-order valence-corrected chi connectivity index (χ3v) is 6.88. The van der Waals surface area contributed by atoms with Gasteiger partial charge in [-0.05, 0) is 62.4 Å². The van der Waals surface area contributed by atoms with Crippen LogP contribution in [0.3, 0.4) is 0 Å². The summed E-state index contributed by atoms with van der Waals surface area (Å²) in [7, 11) is 3.18. The van der Waals surface area contributed by atoms with E-state index < -0.39 is 17.5 Å². The molecule has 1 unspecified atom stereocenters. The third kappa shape index (κ3) is 6.33. The highest BCUT2D eigenvalue weighted by molar-refractivity contribution is 6.31. The van der Waals surface area contributed by atoms with Gasteiger partial charge in [0.15, 0.2) is 6.04 Å². The van der Waals surface area contributed by atoms with Gasteiger partial charge >= 0.3 is 0 Å². The second-order valence-electron chi connectivity index (χ2n) is 9.62. The van der Waals surface area contributed by atoms with Crippen LogP contribution in [0.25, 0.3) is 10.9 Å². The maximum Gasteiger partial charge on any atom is 0.261 e. The van der Waals surface area contributed by atoms with Crippen LogP contribution >= 0.6 is 23.2 Å². The fraction of sp³-hybridized carbons (Fsp3) is 0.276. The number of hydrogen-bond acceptors (Lipinski definition) is 6. The minimum atomic E-state index is -1.24. The number of likely N-dealkylation sites (N-methyl/N-ethyl adjacent to an activating group) is 1. The minimum absolute atomic E-state index is 0.0268. The molecule has 2 amide bonds. The van der Waals surface area contributed by atoms with E-state index in [2.05, 4.69) is 4.98 Å². The monoisotopic (exact) mass is 580 g/mol. The standard InChI is InChI=1S/C29H30Cl2N6O3/c1-18-8-10-19(11-9-18)27(38)36(15-5-14-32)25(29(40)35(2)3)26-34-23-16-20(30)12-13-22(23)28(39)37(26)17-21-6-4-7-24(31)33-21/h4,6-13,16,25H,5,14-15,17,32H2,1-3H3. The molecule has 0 aliphatic rings. The summed E-state index contributed by atoms with van der Waals surface area (Å²) in [6.07, 6.45) is 0.425. The Bertz CT molecular complexity index is 1600. The van der Waals surface area contributed by atoms with Crippen molar-refractivity contribution in [3.05, 3.63) is 104 Å². The SMILES string of the molecule is Cc1ccc(C(=O)N(CCCN)C(C(=O)N(C)C)c2nc3cc(Cl)ccc3c(=O)n2Cc2cccc(Cl)n2)cc1. The lowest BCUT2D eigenvalue weighted by molar-refractivity contribution is -0.134. The van der Waals surface area contributed by atoms with Crippen LogP contribution in [0.5, 0.6) is 0 Å². The van der Waals surface area contributed by atoms with E-state index >= 15 is 0 Å². The van der Waals surface area contributed by atoms with Gasteiger partial charge in [-0.2, -0.15) is 0 Å². The fourth-order valence-electron chi connectivity index (χ4n) is 4.37. The molecule has 9 nitrogen and oxygen atoms in total. The first kappa shape index (κ1) is 29.2. The van der Waals surface area contributed by atoms with Crippen LogP contribution in [0.4, 0.5) is 0 Å². The minimum Gasteiger partial charge on any atom is -0.347 e. The van der Waals surface area contributed by atoms with Crippen LogP contribution in [0.15, 0.2) is 65.5 Å². The topological polar surface area (TPSA) is 114 Å². The smallest absolute Gasteiger partial charge is 0.261 e. The number of fused-ring (bicyclic) bond motifs is 1. The van der Waals surface area contributed by atoms with E-state index in [0.717, 1.165) is 5.56 Å². The molecule has 2 aromatic heterocycles. The molecule has 0 spiro atoms. The van der Waals surface area contributed by atoms with Gasteiger partial charge < -0.3 is 15.5 Å². The Morgan fingerprint density at radius 2 is 1.75 bits per heavy atom. The van der Waals surface area contributed by atoms with Gasteiger partial charge in [0, 0.05) is 31.2 Å². The lowest BCUT2D eigenvalue weighted by atomic mass is 10.1. The number of amides is 2.